The number of carbonyl (C=O) groups excluding carboxylic acids is 2. The van der Waals surface area contributed by atoms with Gasteiger partial charge in [-0.2, -0.15) is 0 Å². The van der Waals surface area contributed by atoms with E-state index in [0.29, 0.717) is 32.6 Å². The second kappa shape index (κ2) is 3.54. The van der Waals surface area contributed by atoms with Crippen molar-refractivity contribution in [2.24, 2.45) is 23.0 Å². The molecule has 0 bridgehead atoms. The van der Waals surface area contributed by atoms with Crippen LogP contribution < -0.4 is 5.73 Å². The predicted octanol–water partition coefficient (Wildman–Crippen LogP) is 0.135. The van der Waals surface area contributed by atoms with E-state index in [4.69, 9.17) is 10.5 Å². The molecule has 3 aliphatic rings. The van der Waals surface area contributed by atoms with Crippen molar-refractivity contribution in [3.05, 3.63) is 0 Å². The number of nitrogens with zero attached hydrogens (tertiary/aromatic N) is 1. The molecule has 100 valence electrons. The SMILES string of the molecule is CC1(C)C2C(=O)N(C3(CN)CCOCC3)C(=O)C21. The minimum Gasteiger partial charge on any atom is -0.381 e. The smallest absolute Gasteiger partial charge is 0.234 e. The number of piperidine rings is 1. The molecule has 2 N–H and O–H groups in total. The number of nitrogens with two attached hydrogens (primary N) is 1. The van der Waals surface area contributed by atoms with Gasteiger partial charge in [-0.1, -0.05) is 13.8 Å². The Morgan fingerprint density at radius 2 is 1.72 bits per heavy atom. The number of hydrogen-bond donors (Lipinski definition) is 1. The third-order valence-corrected chi connectivity index (χ3v) is 5.08. The van der Waals surface area contributed by atoms with Crippen LogP contribution >= 0.6 is 0 Å². The van der Waals surface area contributed by atoms with Crippen LogP contribution in [0, 0.1) is 17.3 Å². The van der Waals surface area contributed by atoms with Gasteiger partial charge in [-0.05, 0) is 18.3 Å². The highest BCUT2D eigenvalue weighted by Gasteiger charge is 2.74. The first kappa shape index (κ1) is 12.1. The first-order chi connectivity index (χ1) is 8.46. The first-order valence-corrected chi connectivity index (χ1v) is 6.61. The zero-order valence-electron chi connectivity index (χ0n) is 10.9. The lowest BCUT2D eigenvalue weighted by Gasteiger charge is -2.43. The predicted molar refractivity (Wildman–Crippen MR) is 64.5 cm³/mol. The number of fused-ring (bicyclic) bond motifs is 1. The second-order valence-corrected chi connectivity index (χ2v) is 6.33. The van der Waals surface area contributed by atoms with Crippen LogP contribution in [0.5, 0.6) is 0 Å². The van der Waals surface area contributed by atoms with Gasteiger partial charge in [-0.25, -0.2) is 0 Å². The van der Waals surface area contributed by atoms with Crippen LogP contribution in [0.15, 0.2) is 0 Å². The Balaban J connectivity index is 1.90. The Morgan fingerprint density at radius 1 is 1.22 bits per heavy atom. The summed E-state index contributed by atoms with van der Waals surface area (Å²) in [5.41, 5.74) is 5.23. The summed E-state index contributed by atoms with van der Waals surface area (Å²) < 4.78 is 5.33. The van der Waals surface area contributed by atoms with Crippen molar-refractivity contribution >= 4 is 11.8 Å². The molecular formula is C13H20N2O3. The summed E-state index contributed by atoms with van der Waals surface area (Å²) in [4.78, 5) is 26.4. The monoisotopic (exact) mass is 252 g/mol. The number of imide groups is 1. The molecule has 0 spiro atoms. The molecule has 1 saturated carbocycles. The number of ether oxygens (including phenoxy) is 1. The van der Waals surface area contributed by atoms with Gasteiger partial charge in [0.05, 0.1) is 17.4 Å². The van der Waals surface area contributed by atoms with Crippen LogP contribution in [0.3, 0.4) is 0 Å². The van der Waals surface area contributed by atoms with Crippen LogP contribution in [0.4, 0.5) is 0 Å². The molecule has 1 aliphatic carbocycles. The summed E-state index contributed by atoms with van der Waals surface area (Å²) in [5.74, 6) is -0.253. The largest absolute Gasteiger partial charge is 0.381 e. The fourth-order valence-electron chi connectivity index (χ4n) is 3.68. The van der Waals surface area contributed by atoms with E-state index in [1.54, 1.807) is 0 Å². The van der Waals surface area contributed by atoms with Crippen molar-refractivity contribution in [2.75, 3.05) is 19.8 Å². The molecule has 0 radical (unpaired) electrons. The van der Waals surface area contributed by atoms with Gasteiger partial charge in [0.2, 0.25) is 11.8 Å². The fraction of sp³-hybridized carbons (Fsp3) is 0.846. The maximum atomic E-state index is 12.4. The molecule has 2 amide bonds. The number of likely N-dealkylation sites (tertiary alicyclic amines) is 1. The van der Waals surface area contributed by atoms with Crippen LogP contribution in [-0.2, 0) is 14.3 Å². The average molecular weight is 252 g/mol. The van der Waals surface area contributed by atoms with Gasteiger partial charge in [0.1, 0.15) is 0 Å². The van der Waals surface area contributed by atoms with Crippen LogP contribution in [0.25, 0.3) is 0 Å². The maximum Gasteiger partial charge on any atom is 0.234 e. The number of carbonyl (C=O) groups is 2. The third-order valence-electron chi connectivity index (χ3n) is 5.08. The molecule has 0 aromatic heterocycles. The van der Waals surface area contributed by atoms with E-state index in [9.17, 15) is 9.59 Å². The van der Waals surface area contributed by atoms with E-state index in [-0.39, 0.29) is 29.1 Å². The zero-order chi connectivity index (χ0) is 13.1. The van der Waals surface area contributed by atoms with Crippen molar-refractivity contribution in [3.8, 4) is 0 Å². The molecule has 2 unspecified atom stereocenters. The van der Waals surface area contributed by atoms with Crippen molar-refractivity contribution < 1.29 is 14.3 Å². The van der Waals surface area contributed by atoms with Crippen molar-refractivity contribution in [1.82, 2.24) is 4.90 Å². The Bertz CT molecular complexity index is 388. The number of amides is 2. The zero-order valence-corrected chi connectivity index (χ0v) is 10.9. The molecule has 18 heavy (non-hydrogen) atoms. The molecule has 2 heterocycles. The van der Waals surface area contributed by atoms with E-state index < -0.39 is 5.54 Å². The molecular weight excluding hydrogens is 232 g/mol. The van der Waals surface area contributed by atoms with Gasteiger partial charge in [-0.15, -0.1) is 0 Å². The quantitative estimate of drug-likeness (QED) is 0.709. The summed E-state index contributed by atoms with van der Waals surface area (Å²) in [6.45, 7) is 5.48. The molecule has 3 rings (SSSR count). The van der Waals surface area contributed by atoms with Crippen LogP contribution in [0.1, 0.15) is 26.7 Å². The normalized spacial score (nSPS) is 36.7. The van der Waals surface area contributed by atoms with Crippen LogP contribution in [0.2, 0.25) is 0 Å². The highest BCUT2D eigenvalue weighted by molar-refractivity contribution is 6.11. The summed E-state index contributed by atoms with van der Waals surface area (Å²) in [5, 5.41) is 0. The average Bonchev–Trinajstić information content (AvgIpc) is 2.80. The fourth-order valence-corrected chi connectivity index (χ4v) is 3.68. The van der Waals surface area contributed by atoms with Gasteiger partial charge < -0.3 is 10.5 Å². The van der Waals surface area contributed by atoms with E-state index >= 15 is 0 Å². The maximum absolute atomic E-state index is 12.4. The minimum absolute atomic E-state index is 0.0117. The van der Waals surface area contributed by atoms with E-state index in [1.807, 2.05) is 13.8 Å². The molecule has 2 aliphatic heterocycles. The van der Waals surface area contributed by atoms with Gasteiger partial charge in [0.25, 0.3) is 0 Å². The Morgan fingerprint density at radius 3 is 2.17 bits per heavy atom. The highest BCUT2D eigenvalue weighted by atomic mass is 16.5. The van der Waals surface area contributed by atoms with Gasteiger partial charge in [0, 0.05) is 19.8 Å². The van der Waals surface area contributed by atoms with E-state index in [2.05, 4.69) is 0 Å². The van der Waals surface area contributed by atoms with Crippen molar-refractivity contribution in [2.45, 2.75) is 32.2 Å². The van der Waals surface area contributed by atoms with Crippen molar-refractivity contribution in [1.29, 1.82) is 0 Å². The minimum atomic E-state index is -0.490. The van der Waals surface area contributed by atoms with E-state index in [0.717, 1.165) is 0 Å². The summed E-state index contributed by atoms with van der Waals surface area (Å²) in [7, 11) is 0. The number of hydrogen-bond acceptors (Lipinski definition) is 4. The Hall–Kier alpha value is -0.940. The summed E-state index contributed by atoms with van der Waals surface area (Å²) >= 11 is 0. The van der Waals surface area contributed by atoms with E-state index in [1.165, 1.54) is 4.90 Å². The lowest BCUT2D eigenvalue weighted by molar-refractivity contribution is -0.154. The lowest BCUT2D eigenvalue weighted by atomic mass is 9.87. The topological polar surface area (TPSA) is 72.6 Å². The summed E-state index contributed by atoms with van der Waals surface area (Å²) in [6, 6.07) is 0. The molecule has 0 aromatic carbocycles. The second-order valence-electron chi connectivity index (χ2n) is 6.33. The lowest BCUT2D eigenvalue weighted by Crippen LogP contribution is -2.60. The highest BCUT2D eigenvalue weighted by Crippen LogP contribution is 2.64. The van der Waals surface area contributed by atoms with Crippen LogP contribution in [-0.4, -0.2) is 42.0 Å². The standard InChI is InChI=1S/C13H20N2O3/c1-12(2)8-9(12)11(17)15(10(8)16)13(7-14)3-5-18-6-4-13/h8-9H,3-7,14H2,1-2H3. The Kier molecular flexibility index (Phi) is 2.38. The number of rotatable bonds is 2. The third kappa shape index (κ3) is 1.29. The molecule has 5 nitrogen and oxygen atoms in total. The van der Waals surface area contributed by atoms with Gasteiger partial charge >= 0.3 is 0 Å². The molecule has 0 aromatic rings. The molecule has 5 heteroatoms. The molecule has 2 atom stereocenters. The first-order valence-electron chi connectivity index (χ1n) is 6.61. The summed E-state index contributed by atoms with van der Waals surface area (Å²) in [6.07, 6.45) is 1.34. The van der Waals surface area contributed by atoms with Gasteiger partial charge in [-0.3, -0.25) is 14.5 Å². The Labute approximate surface area is 107 Å². The van der Waals surface area contributed by atoms with Gasteiger partial charge in [0.15, 0.2) is 0 Å². The molecule has 2 saturated heterocycles. The molecule has 3 fully saturated rings. The van der Waals surface area contributed by atoms with Crippen molar-refractivity contribution in [3.63, 3.8) is 0 Å².